The van der Waals surface area contributed by atoms with Crippen LogP contribution < -0.4 is 4.74 Å². The maximum atomic E-state index is 10.9. The van der Waals surface area contributed by atoms with Crippen molar-refractivity contribution in [1.29, 1.82) is 0 Å². The quantitative estimate of drug-likeness (QED) is 0.782. The van der Waals surface area contributed by atoms with E-state index in [2.05, 4.69) is 0 Å². The van der Waals surface area contributed by atoms with Gasteiger partial charge in [-0.2, -0.15) is 0 Å². The fraction of sp³-hybridized carbons (Fsp3) is 0.250. The predicted octanol–water partition coefficient (Wildman–Crippen LogP) is 1.08. The molecule has 1 unspecified atom stereocenters. The van der Waals surface area contributed by atoms with Crippen LogP contribution >= 0.6 is 0 Å². The topological polar surface area (TPSA) is 66.8 Å². The molecule has 0 bridgehead atoms. The number of ether oxygens (including phenoxy) is 1. The van der Waals surface area contributed by atoms with E-state index in [1.807, 2.05) is 6.07 Å². The summed E-state index contributed by atoms with van der Waals surface area (Å²) in [5.41, 5.74) is -0.127. The number of methoxy groups -OCH3 is 1. The van der Waals surface area contributed by atoms with E-state index in [9.17, 15) is 9.90 Å². The van der Waals surface area contributed by atoms with E-state index in [1.165, 1.54) is 6.08 Å². The summed E-state index contributed by atoms with van der Waals surface area (Å²) in [6.07, 6.45) is 2.99. The first kappa shape index (κ1) is 10.7. The van der Waals surface area contributed by atoms with Crippen LogP contribution in [0.5, 0.6) is 5.75 Å². The fourth-order valence-corrected chi connectivity index (χ4v) is 1.75. The minimum Gasteiger partial charge on any atom is -0.497 e. The van der Waals surface area contributed by atoms with Gasteiger partial charge >= 0.3 is 5.97 Å². The van der Waals surface area contributed by atoms with Gasteiger partial charge < -0.3 is 14.9 Å². The summed E-state index contributed by atoms with van der Waals surface area (Å²) in [4.78, 5) is 10.9. The van der Waals surface area contributed by atoms with Crippen molar-refractivity contribution in [3.05, 3.63) is 35.4 Å². The van der Waals surface area contributed by atoms with Crippen molar-refractivity contribution >= 4 is 12.0 Å². The standard InChI is InChI=1S/C12H12O4/c1-16-10-3-2-8-4-5-12(15,11(13)14)7-9(8)6-10/h2-6,15H,7H2,1H3,(H,13,14). The zero-order valence-electron chi connectivity index (χ0n) is 8.80. The van der Waals surface area contributed by atoms with Crippen molar-refractivity contribution in [2.45, 2.75) is 12.0 Å². The van der Waals surface area contributed by atoms with Crippen molar-refractivity contribution < 1.29 is 19.7 Å². The summed E-state index contributed by atoms with van der Waals surface area (Å²) >= 11 is 0. The summed E-state index contributed by atoms with van der Waals surface area (Å²) in [5.74, 6) is -0.584. The Labute approximate surface area is 92.8 Å². The van der Waals surface area contributed by atoms with Crippen LogP contribution in [0, 0.1) is 0 Å². The van der Waals surface area contributed by atoms with E-state index in [4.69, 9.17) is 9.84 Å². The van der Waals surface area contributed by atoms with Gasteiger partial charge in [0, 0.05) is 6.42 Å². The SMILES string of the molecule is COc1ccc2c(c1)CC(O)(C(=O)O)C=C2. The Morgan fingerprint density at radius 2 is 2.25 bits per heavy atom. The van der Waals surface area contributed by atoms with E-state index in [1.54, 1.807) is 25.3 Å². The van der Waals surface area contributed by atoms with Crippen LogP contribution in [0.2, 0.25) is 0 Å². The summed E-state index contributed by atoms with van der Waals surface area (Å²) < 4.78 is 5.06. The Hall–Kier alpha value is -1.81. The molecule has 1 atom stereocenters. The molecule has 4 nitrogen and oxygen atoms in total. The van der Waals surface area contributed by atoms with Gasteiger partial charge in [-0.05, 0) is 29.3 Å². The van der Waals surface area contributed by atoms with Gasteiger partial charge in [0.2, 0.25) is 0 Å². The average Bonchev–Trinajstić information content (AvgIpc) is 2.27. The summed E-state index contributed by atoms with van der Waals surface area (Å²) in [6.45, 7) is 0. The lowest BCUT2D eigenvalue weighted by Crippen LogP contribution is -2.40. The predicted molar refractivity (Wildman–Crippen MR) is 58.3 cm³/mol. The zero-order valence-corrected chi connectivity index (χ0v) is 8.80. The molecule has 0 spiro atoms. The highest BCUT2D eigenvalue weighted by Crippen LogP contribution is 2.29. The Kier molecular flexibility index (Phi) is 2.44. The average molecular weight is 220 g/mol. The van der Waals surface area contributed by atoms with Crippen LogP contribution in [0.15, 0.2) is 24.3 Å². The van der Waals surface area contributed by atoms with Crippen molar-refractivity contribution in [2.75, 3.05) is 7.11 Å². The molecule has 1 aliphatic rings. The highest BCUT2D eigenvalue weighted by Gasteiger charge is 2.36. The van der Waals surface area contributed by atoms with Crippen LogP contribution in [-0.4, -0.2) is 28.9 Å². The molecular weight excluding hydrogens is 208 g/mol. The third-order valence-electron chi connectivity index (χ3n) is 2.72. The highest BCUT2D eigenvalue weighted by atomic mass is 16.5. The van der Waals surface area contributed by atoms with E-state index < -0.39 is 11.6 Å². The van der Waals surface area contributed by atoms with Gasteiger partial charge in [-0.15, -0.1) is 0 Å². The van der Waals surface area contributed by atoms with E-state index in [0.29, 0.717) is 5.75 Å². The van der Waals surface area contributed by atoms with Crippen molar-refractivity contribution in [2.24, 2.45) is 0 Å². The van der Waals surface area contributed by atoms with E-state index in [-0.39, 0.29) is 6.42 Å². The summed E-state index contributed by atoms with van der Waals surface area (Å²) in [7, 11) is 1.55. The second-order valence-electron chi connectivity index (χ2n) is 3.80. The molecule has 4 heteroatoms. The monoisotopic (exact) mass is 220 g/mol. The molecule has 84 valence electrons. The first-order valence-electron chi connectivity index (χ1n) is 4.87. The first-order valence-corrected chi connectivity index (χ1v) is 4.87. The molecule has 16 heavy (non-hydrogen) atoms. The second kappa shape index (κ2) is 3.64. The molecule has 0 aliphatic heterocycles. The number of aliphatic carboxylic acids is 1. The van der Waals surface area contributed by atoms with Gasteiger partial charge in [0.05, 0.1) is 7.11 Å². The Morgan fingerprint density at radius 1 is 1.50 bits per heavy atom. The number of carboxylic acids is 1. The molecular formula is C12H12O4. The third kappa shape index (κ3) is 1.67. The number of carbonyl (C=O) groups is 1. The van der Waals surface area contributed by atoms with Crippen LogP contribution in [0.25, 0.3) is 6.08 Å². The summed E-state index contributed by atoms with van der Waals surface area (Å²) in [6, 6.07) is 5.38. The molecule has 0 saturated heterocycles. The molecule has 0 heterocycles. The first-order chi connectivity index (χ1) is 7.55. The zero-order chi connectivity index (χ0) is 11.8. The maximum absolute atomic E-state index is 10.9. The lowest BCUT2D eigenvalue weighted by molar-refractivity contribution is -0.153. The maximum Gasteiger partial charge on any atom is 0.340 e. The normalized spacial score (nSPS) is 22.6. The molecule has 2 rings (SSSR count). The van der Waals surface area contributed by atoms with E-state index >= 15 is 0 Å². The van der Waals surface area contributed by atoms with Crippen molar-refractivity contribution in [1.82, 2.24) is 0 Å². The summed E-state index contributed by atoms with van der Waals surface area (Å²) in [5, 5.41) is 18.7. The number of benzene rings is 1. The molecule has 2 N–H and O–H groups in total. The molecule has 0 amide bonds. The lowest BCUT2D eigenvalue weighted by atomic mass is 9.86. The molecule has 0 radical (unpaired) electrons. The minimum absolute atomic E-state index is 0.0609. The molecule has 0 aromatic heterocycles. The Balaban J connectivity index is 2.42. The second-order valence-corrected chi connectivity index (χ2v) is 3.80. The van der Waals surface area contributed by atoms with Crippen molar-refractivity contribution in [3.8, 4) is 5.75 Å². The number of rotatable bonds is 2. The van der Waals surface area contributed by atoms with Gasteiger partial charge in [0.15, 0.2) is 5.60 Å². The van der Waals surface area contributed by atoms with Gasteiger partial charge in [-0.1, -0.05) is 12.1 Å². The van der Waals surface area contributed by atoms with Gasteiger partial charge in [0.1, 0.15) is 5.75 Å². The molecule has 1 aromatic carbocycles. The van der Waals surface area contributed by atoms with Gasteiger partial charge in [-0.25, -0.2) is 4.79 Å². The van der Waals surface area contributed by atoms with Crippen LogP contribution in [0.1, 0.15) is 11.1 Å². The Bertz CT molecular complexity index is 464. The van der Waals surface area contributed by atoms with E-state index in [0.717, 1.165) is 11.1 Å². The number of fused-ring (bicyclic) bond motifs is 1. The van der Waals surface area contributed by atoms with Crippen LogP contribution in [0.4, 0.5) is 0 Å². The molecule has 0 saturated carbocycles. The fourth-order valence-electron chi connectivity index (χ4n) is 1.75. The molecule has 0 fully saturated rings. The van der Waals surface area contributed by atoms with Crippen molar-refractivity contribution in [3.63, 3.8) is 0 Å². The Morgan fingerprint density at radius 3 is 2.88 bits per heavy atom. The largest absolute Gasteiger partial charge is 0.497 e. The van der Waals surface area contributed by atoms with Gasteiger partial charge in [0.25, 0.3) is 0 Å². The number of aliphatic hydroxyl groups is 1. The van der Waals surface area contributed by atoms with Gasteiger partial charge in [-0.3, -0.25) is 0 Å². The molecule has 1 aromatic rings. The highest BCUT2D eigenvalue weighted by molar-refractivity contribution is 5.83. The van der Waals surface area contributed by atoms with Crippen LogP contribution in [-0.2, 0) is 11.2 Å². The minimum atomic E-state index is -1.81. The van der Waals surface area contributed by atoms with Crippen LogP contribution in [0.3, 0.4) is 0 Å². The number of hydrogen-bond acceptors (Lipinski definition) is 3. The number of carboxylic acid groups (broad SMARTS) is 1. The third-order valence-corrected chi connectivity index (χ3v) is 2.72. The smallest absolute Gasteiger partial charge is 0.340 e. The lowest BCUT2D eigenvalue weighted by Gasteiger charge is -2.24. The number of hydrogen-bond donors (Lipinski definition) is 2. The molecule has 1 aliphatic carbocycles.